The van der Waals surface area contributed by atoms with Crippen LogP contribution in [-0.2, 0) is 11.3 Å². The van der Waals surface area contributed by atoms with Crippen molar-refractivity contribution in [1.82, 2.24) is 44.3 Å². The van der Waals surface area contributed by atoms with Crippen LogP contribution in [0.2, 0.25) is 0 Å². The maximum Gasteiger partial charge on any atom is 0.409 e. The van der Waals surface area contributed by atoms with Crippen molar-refractivity contribution in [3.63, 3.8) is 0 Å². The number of benzene rings is 2. The molecule has 1 saturated heterocycles. The van der Waals surface area contributed by atoms with E-state index in [9.17, 15) is 4.79 Å². The molecule has 2 aromatic carbocycles. The third kappa shape index (κ3) is 5.78. The molecule has 2 atom stereocenters. The lowest BCUT2D eigenvalue weighted by Crippen LogP contribution is -2.51. The molecular formula is C31H34N10O2. The molecule has 7 rings (SSSR count). The van der Waals surface area contributed by atoms with Crippen LogP contribution in [0.4, 0.5) is 4.79 Å². The van der Waals surface area contributed by atoms with Gasteiger partial charge in [0.25, 0.3) is 0 Å². The first-order valence-electron chi connectivity index (χ1n) is 14.7. The molecule has 5 aromatic rings. The highest BCUT2D eigenvalue weighted by Gasteiger charge is 2.36. The number of aromatic nitrogens is 7. The molecule has 2 fully saturated rings. The number of imidazole rings is 1. The van der Waals surface area contributed by atoms with E-state index in [0.29, 0.717) is 56.4 Å². The van der Waals surface area contributed by atoms with Crippen molar-refractivity contribution < 1.29 is 9.53 Å². The van der Waals surface area contributed by atoms with E-state index in [-0.39, 0.29) is 23.7 Å². The van der Waals surface area contributed by atoms with E-state index < -0.39 is 0 Å². The van der Waals surface area contributed by atoms with Gasteiger partial charge in [0.2, 0.25) is 0 Å². The summed E-state index contributed by atoms with van der Waals surface area (Å²) in [5, 5.41) is 17.3. The Bertz CT molecular complexity index is 1740. The first-order chi connectivity index (χ1) is 21.1. The maximum absolute atomic E-state index is 12.7. The number of piperazine rings is 1. The molecule has 1 saturated carbocycles. The smallest absolute Gasteiger partial charge is 0.409 e. The van der Waals surface area contributed by atoms with Crippen molar-refractivity contribution in [1.29, 1.82) is 5.41 Å². The number of hydrogen-bond acceptors (Lipinski definition) is 8. The minimum absolute atomic E-state index is 0.0576. The quantitative estimate of drug-likeness (QED) is 0.274. The highest BCUT2D eigenvalue weighted by atomic mass is 16.6. The Morgan fingerprint density at radius 2 is 1.65 bits per heavy atom. The summed E-state index contributed by atoms with van der Waals surface area (Å²) in [6.07, 6.45) is 7.27. The molecule has 3 aromatic heterocycles. The second-order valence-corrected chi connectivity index (χ2v) is 11.3. The van der Waals surface area contributed by atoms with E-state index in [1.165, 1.54) is 5.56 Å². The van der Waals surface area contributed by atoms with Gasteiger partial charge in [-0.3, -0.25) is 10.3 Å². The molecule has 1 aliphatic heterocycles. The van der Waals surface area contributed by atoms with Gasteiger partial charge in [0.15, 0.2) is 11.1 Å². The predicted molar refractivity (Wildman–Crippen MR) is 158 cm³/mol. The number of rotatable bonds is 9. The van der Waals surface area contributed by atoms with Crippen LogP contribution >= 0.6 is 0 Å². The fourth-order valence-electron chi connectivity index (χ4n) is 5.86. The van der Waals surface area contributed by atoms with Crippen LogP contribution < -0.4 is 5.49 Å². The molecular weight excluding hydrogens is 544 g/mol. The number of aromatic amines is 1. The van der Waals surface area contributed by atoms with E-state index in [2.05, 4.69) is 66.6 Å². The monoisotopic (exact) mass is 578 g/mol. The van der Waals surface area contributed by atoms with Crippen molar-refractivity contribution >= 4 is 17.3 Å². The van der Waals surface area contributed by atoms with Gasteiger partial charge >= 0.3 is 6.09 Å². The third-order valence-corrected chi connectivity index (χ3v) is 8.32. The van der Waals surface area contributed by atoms with Crippen LogP contribution in [0.3, 0.4) is 0 Å². The Hall–Kier alpha value is -4.84. The molecule has 0 unspecified atom stereocenters. The Morgan fingerprint density at radius 3 is 2.35 bits per heavy atom. The van der Waals surface area contributed by atoms with E-state index >= 15 is 0 Å². The largest absolute Gasteiger partial charge is 0.449 e. The SMILES string of the molecule is N=c1ncn(Cc2cn([C@H](c3ccccc3)[C@H](c3ccccc3)N3CCN(C(=O)OCC4CC4)CC3)nn2)c2nc[nH]c12. The van der Waals surface area contributed by atoms with Gasteiger partial charge in [-0.1, -0.05) is 65.9 Å². The highest BCUT2D eigenvalue weighted by molar-refractivity contribution is 5.68. The molecule has 1 amide bonds. The zero-order valence-corrected chi connectivity index (χ0v) is 23.8. The number of carbonyl (C=O) groups excluding carboxylic acids is 1. The standard InChI is InChI=1S/C31H34N10O2/c32-29-26-30(34-20-33-26)40(21-35-29)17-25-18-41(37-36-25)28(24-9-5-2-6-10-24)27(23-7-3-1-4-8-23)38-13-15-39(16-14-38)31(42)43-19-22-11-12-22/h1-10,18,20-22,27-28,32H,11-17,19H2,(H,33,34)/t27-,28+/m0/s1. The molecule has 4 heterocycles. The summed E-state index contributed by atoms with van der Waals surface area (Å²) in [6.45, 7) is 3.57. The summed E-state index contributed by atoms with van der Waals surface area (Å²) in [4.78, 5) is 28.6. The number of ether oxygens (including phenoxy) is 1. The normalized spacial score (nSPS) is 17.2. The minimum atomic E-state index is -0.209. The second kappa shape index (κ2) is 11.8. The average molecular weight is 579 g/mol. The van der Waals surface area contributed by atoms with Crippen LogP contribution in [0.25, 0.3) is 11.2 Å². The van der Waals surface area contributed by atoms with Gasteiger partial charge in [-0.25, -0.2) is 19.4 Å². The summed E-state index contributed by atoms with van der Waals surface area (Å²) in [5.74, 6) is 0.545. The van der Waals surface area contributed by atoms with Crippen LogP contribution in [0.1, 0.15) is 41.7 Å². The number of nitrogens with zero attached hydrogens (tertiary/aromatic N) is 8. The summed E-state index contributed by atoms with van der Waals surface area (Å²) in [5.41, 5.74) is 4.41. The van der Waals surface area contributed by atoms with E-state index in [1.54, 1.807) is 12.7 Å². The molecule has 0 spiro atoms. The van der Waals surface area contributed by atoms with E-state index in [4.69, 9.17) is 10.1 Å². The van der Waals surface area contributed by atoms with Gasteiger partial charge < -0.3 is 19.2 Å². The van der Waals surface area contributed by atoms with Crippen molar-refractivity contribution in [3.05, 3.63) is 102 Å². The molecule has 43 heavy (non-hydrogen) atoms. The summed E-state index contributed by atoms with van der Waals surface area (Å²) < 4.78 is 9.39. The molecule has 2 N–H and O–H groups in total. The van der Waals surface area contributed by atoms with Gasteiger partial charge in [0, 0.05) is 26.2 Å². The number of H-pyrrole nitrogens is 1. The van der Waals surface area contributed by atoms with Crippen molar-refractivity contribution in [3.8, 4) is 0 Å². The van der Waals surface area contributed by atoms with Crippen LogP contribution in [0.15, 0.2) is 79.5 Å². The Balaban J connectivity index is 1.19. The number of carbonyl (C=O) groups is 1. The maximum atomic E-state index is 12.7. The fraction of sp³-hybridized carbons (Fsp3) is 0.355. The topological polar surface area (TPSA) is 134 Å². The van der Waals surface area contributed by atoms with Gasteiger partial charge in [-0.15, -0.1) is 5.10 Å². The Labute approximate surface area is 248 Å². The van der Waals surface area contributed by atoms with E-state index in [1.807, 2.05) is 44.6 Å². The second-order valence-electron chi connectivity index (χ2n) is 11.3. The molecule has 0 radical (unpaired) electrons. The lowest BCUT2D eigenvalue weighted by molar-refractivity contribution is 0.0524. The summed E-state index contributed by atoms with van der Waals surface area (Å²) in [6, 6.07) is 20.6. The van der Waals surface area contributed by atoms with E-state index in [0.717, 1.165) is 24.1 Å². The van der Waals surface area contributed by atoms with Gasteiger partial charge in [-0.05, 0) is 29.9 Å². The zero-order chi connectivity index (χ0) is 29.2. The fourth-order valence-corrected chi connectivity index (χ4v) is 5.86. The van der Waals surface area contributed by atoms with Crippen molar-refractivity contribution in [2.45, 2.75) is 31.5 Å². The lowest BCUT2D eigenvalue weighted by Gasteiger charge is -2.42. The van der Waals surface area contributed by atoms with Gasteiger partial charge in [0.05, 0.1) is 44.1 Å². The molecule has 12 nitrogen and oxygen atoms in total. The van der Waals surface area contributed by atoms with Gasteiger partial charge in [-0.2, -0.15) is 0 Å². The minimum Gasteiger partial charge on any atom is -0.449 e. The number of nitrogens with one attached hydrogen (secondary N) is 2. The van der Waals surface area contributed by atoms with Crippen molar-refractivity contribution in [2.24, 2.45) is 5.92 Å². The molecule has 0 bridgehead atoms. The molecule has 1 aliphatic carbocycles. The van der Waals surface area contributed by atoms with Gasteiger partial charge in [0.1, 0.15) is 11.2 Å². The summed E-state index contributed by atoms with van der Waals surface area (Å²) >= 11 is 0. The predicted octanol–water partition coefficient (Wildman–Crippen LogP) is 3.37. The number of amides is 1. The van der Waals surface area contributed by atoms with Crippen LogP contribution in [-0.4, -0.2) is 83.2 Å². The third-order valence-electron chi connectivity index (χ3n) is 8.32. The highest BCUT2D eigenvalue weighted by Crippen LogP contribution is 2.37. The van der Waals surface area contributed by atoms with Crippen LogP contribution in [0.5, 0.6) is 0 Å². The molecule has 220 valence electrons. The van der Waals surface area contributed by atoms with Crippen molar-refractivity contribution in [2.75, 3.05) is 32.8 Å². The first-order valence-corrected chi connectivity index (χ1v) is 14.7. The Morgan fingerprint density at radius 1 is 0.953 bits per heavy atom. The lowest BCUT2D eigenvalue weighted by atomic mass is 9.91. The number of fused-ring (bicyclic) bond motifs is 1. The van der Waals surface area contributed by atoms with Crippen LogP contribution in [0, 0.1) is 11.3 Å². The summed E-state index contributed by atoms with van der Waals surface area (Å²) in [7, 11) is 0. The zero-order valence-electron chi connectivity index (χ0n) is 23.8. The number of hydrogen-bond donors (Lipinski definition) is 2. The average Bonchev–Trinajstić information content (AvgIpc) is 3.53. The Kier molecular flexibility index (Phi) is 7.42. The molecule has 2 aliphatic rings. The first kappa shape index (κ1) is 27.0. The molecule has 12 heteroatoms.